The first-order chi connectivity index (χ1) is 4.66. The van der Waals surface area contributed by atoms with Gasteiger partial charge in [0.2, 0.25) is 0 Å². The van der Waals surface area contributed by atoms with Crippen LogP contribution in [0.5, 0.6) is 0 Å². The van der Waals surface area contributed by atoms with Gasteiger partial charge in [-0.05, 0) is 18.9 Å². The van der Waals surface area contributed by atoms with Crippen LogP contribution in [0.4, 0.5) is 0 Å². The summed E-state index contributed by atoms with van der Waals surface area (Å²) in [6.45, 7) is 4.17. The maximum absolute atomic E-state index is 4.08. The summed E-state index contributed by atoms with van der Waals surface area (Å²) in [5.74, 6) is 0. The minimum absolute atomic E-state index is 1.07. The maximum atomic E-state index is 4.08. The van der Waals surface area contributed by atoms with Crippen molar-refractivity contribution in [2.24, 2.45) is 5.10 Å². The highest BCUT2D eigenvalue weighted by molar-refractivity contribution is 5.77. The third-order valence-corrected chi connectivity index (χ3v) is 1.02. The molecule has 0 aliphatic carbocycles. The van der Waals surface area contributed by atoms with Gasteiger partial charge >= 0.3 is 0 Å². The Morgan fingerprint density at radius 2 is 2.10 bits per heavy atom. The van der Waals surface area contributed by atoms with Crippen LogP contribution >= 0.6 is 0 Å². The van der Waals surface area contributed by atoms with Gasteiger partial charge in [-0.15, -0.1) is 0 Å². The lowest BCUT2D eigenvalue weighted by atomic mass is 10.3. The van der Waals surface area contributed by atoms with Crippen LogP contribution in [0, 0.1) is 0 Å². The smallest absolute Gasteiger partial charge is 0.0496 e. The molecule has 2 nitrogen and oxygen atoms in total. The molecule has 0 atom stereocenters. The van der Waals surface area contributed by atoms with Crippen molar-refractivity contribution in [3.8, 4) is 0 Å². The van der Waals surface area contributed by atoms with Crippen LogP contribution in [0.2, 0.25) is 0 Å². The van der Waals surface area contributed by atoms with E-state index in [1.807, 2.05) is 20.3 Å². The summed E-state index contributed by atoms with van der Waals surface area (Å²) in [6.07, 6.45) is 5.09. The fraction of sp³-hybridized carbons (Fsp3) is 0.625. The van der Waals surface area contributed by atoms with Crippen molar-refractivity contribution in [3.63, 3.8) is 0 Å². The molecular formula is C8H16N2. The van der Waals surface area contributed by atoms with Gasteiger partial charge in [0.1, 0.15) is 0 Å². The van der Waals surface area contributed by atoms with Crippen molar-refractivity contribution >= 4 is 6.21 Å². The predicted molar refractivity (Wildman–Crippen MR) is 46.2 cm³/mol. The van der Waals surface area contributed by atoms with Gasteiger partial charge in [0, 0.05) is 20.3 Å². The minimum Gasteiger partial charge on any atom is -0.303 e. The van der Waals surface area contributed by atoms with E-state index < -0.39 is 0 Å². The molecule has 0 bridgehead atoms. The molecule has 0 saturated heterocycles. The Kier molecular flexibility index (Phi) is 4.63. The molecular weight excluding hydrogens is 124 g/mol. The van der Waals surface area contributed by atoms with Crippen molar-refractivity contribution in [2.75, 3.05) is 14.1 Å². The first-order valence-corrected chi connectivity index (χ1v) is 3.55. The molecule has 0 fully saturated rings. The summed E-state index contributed by atoms with van der Waals surface area (Å²) in [7, 11) is 3.82. The largest absolute Gasteiger partial charge is 0.303 e. The normalized spacial score (nSPS) is 12.6. The molecule has 0 unspecified atom stereocenters. The second kappa shape index (κ2) is 5.03. The monoisotopic (exact) mass is 140 g/mol. The molecule has 0 spiro atoms. The standard InChI is InChI=1S/C8H16N2/c1-5-6-8(2)7-9-10(3)4/h6-7H,5H2,1-4H3. The molecule has 0 aromatic carbocycles. The molecule has 0 amide bonds. The van der Waals surface area contributed by atoms with Crippen LogP contribution in [-0.4, -0.2) is 25.3 Å². The number of hydrazone groups is 1. The first kappa shape index (κ1) is 9.21. The first-order valence-electron chi connectivity index (χ1n) is 3.55. The van der Waals surface area contributed by atoms with Crippen LogP contribution < -0.4 is 0 Å². The summed E-state index contributed by atoms with van der Waals surface area (Å²) < 4.78 is 0. The molecule has 2 heteroatoms. The summed E-state index contributed by atoms with van der Waals surface area (Å²) >= 11 is 0. The van der Waals surface area contributed by atoms with Gasteiger partial charge in [-0.1, -0.05) is 13.0 Å². The zero-order valence-electron chi connectivity index (χ0n) is 7.26. The Hall–Kier alpha value is -0.790. The van der Waals surface area contributed by atoms with Crippen molar-refractivity contribution < 1.29 is 0 Å². The van der Waals surface area contributed by atoms with E-state index in [1.54, 1.807) is 5.01 Å². The molecule has 0 radical (unpaired) electrons. The Morgan fingerprint density at radius 3 is 2.50 bits per heavy atom. The van der Waals surface area contributed by atoms with E-state index in [0.717, 1.165) is 6.42 Å². The second-order valence-corrected chi connectivity index (χ2v) is 2.45. The molecule has 0 aromatic rings. The van der Waals surface area contributed by atoms with Gasteiger partial charge in [0.15, 0.2) is 0 Å². The number of nitrogens with zero attached hydrogens (tertiary/aromatic N) is 2. The van der Waals surface area contributed by atoms with Crippen molar-refractivity contribution in [2.45, 2.75) is 20.3 Å². The van der Waals surface area contributed by atoms with Gasteiger partial charge in [0.25, 0.3) is 0 Å². The highest BCUT2D eigenvalue weighted by atomic mass is 15.4. The summed E-state index contributed by atoms with van der Waals surface area (Å²) in [5, 5.41) is 5.87. The number of hydrogen-bond acceptors (Lipinski definition) is 2. The van der Waals surface area contributed by atoms with Crippen molar-refractivity contribution in [1.29, 1.82) is 0 Å². The molecule has 58 valence electrons. The Morgan fingerprint density at radius 1 is 1.50 bits per heavy atom. The number of hydrogen-bond donors (Lipinski definition) is 0. The quantitative estimate of drug-likeness (QED) is 0.432. The Balaban J connectivity index is 3.77. The van der Waals surface area contributed by atoms with Crippen molar-refractivity contribution in [3.05, 3.63) is 11.6 Å². The lowest BCUT2D eigenvalue weighted by Crippen LogP contribution is -2.01. The van der Waals surface area contributed by atoms with Crippen LogP contribution in [0.1, 0.15) is 20.3 Å². The van der Waals surface area contributed by atoms with E-state index in [2.05, 4.69) is 25.0 Å². The van der Waals surface area contributed by atoms with E-state index >= 15 is 0 Å². The van der Waals surface area contributed by atoms with Crippen LogP contribution in [0.15, 0.2) is 16.8 Å². The van der Waals surface area contributed by atoms with E-state index in [9.17, 15) is 0 Å². The molecule has 0 saturated carbocycles. The second-order valence-electron chi connectivity index (χ2n) is 2.45. The van der Waals surface area contributed by atoms with Crippen LogP contribution in [-0.2, 0) is 0 Å². The molecule has 0 aliphatic heterocycles. The molecule has 0 aliphatic rings. The zero-order chi connectivity index (χ0) is 7.98. The van der Waals surface area contributed by atoms with Crippen LogP contribution in [0.25, 0.3) is 0 Å². The van der Waals surface area contributed by atoms with Gasteiger partial charge in [0.05, 0.1) is 0 Å². The lowest BCUT2D eigenvalue weighted by molar-refractivity contribution is 0.440. The van der Waals surface area contributed by atoms with Gasteiger partial charge in [-0.3, -0.25) is 0 Å². The molecule has 0 N–H and O–H groups in total. The SMILES string of the molecule is CCC=C(C)C=NN(C)C. The van der Waals surface area contributed by atoms with Crippen molar-refractivity contribution in [1.82, 2.24) is 5.01 Å². The zero-order valence-corrected chi connectivity index (χ0v) is 7.26. The molecule has 0 aromatic heterocycles. The topological polar surface area (TPSA) is 15.6 Å². The average molecular weight is 140 g/mol. The Labute approximate surface area is 63.2 Å². The lowest BCUT2D eigenvalue weighted by Gasteiger charge is -2.01. The van der Waals surface area contributed by atoms with E-state index in [4.69, 9.17) is 0 Å². The summed E-state index contributed by atoms with van der Waals surface area (Å²) in [5.41, 5.74) is 1.22. The number of rotatable bonds is 3. The average Bonchev–Trinajstić information content (AvgIpc) is 1.85. The third kappa shape index (κ3) is 5.35. The van der Waals surface area contributed by atoms with Gasteiger partial charge in [-0.2, -0.15) is 5.10 Å². The Bertz CT molecular complexity index is 134. The van der Waals surface area contributed by atoms with E-state index in [1.165, 1.54) is 5.57 Å². The summed E-state index contributed by atoms with van der Waals surface area (Å²) in [4.78, 5) is 0. The maximum Gasteiger partial charge on any atom is 0.0496 e. The molecule has 0 heterocycles. The van der Waals surface area contributed by atoms with Crippen LogP contribution in [0.3, 0.4) is 0 Å². The summed E-state index contributed by atoms with van der Waals surface area (Å²) in [6, 6.07) is 0. The molecule has 10 heavy (non-hydrogen) atoms. The molecule has 0 rings (SSSR count). The highest BCUT2D eigenvalue weighted by Crippen LogP contribution is 1.90. The van der Waals surface area contributed by atoms with Gasteiger partial charge in [-0.25, -0.2) is 0 Å². The predicted octanol–water partition coefficient (Wildman–Crippen LogP) is 1.89. The minimum atomic E-state index is 1.07. The van der Waals surface area contributed by atoms with Gasteiger partial charge < -0.3 is 5.01 Å². The number of allylic oxidation sites excluding steroid dienone is 2. The fourth-order valence-corrected chi connectivity index (χ4v) is 0.581. The third-order valence-electron chi connectivity index (χ3n) is 1.02. The van der Waals surface area contributed by atoms with E-state index in [-0.39, 0.29) is 0 Å². The highest BCUT2D eigenvalue weighted by Gasteiger charge is 1.80. The van der Waals surface area contributed by atoms with E-state index in [0.29, 0.717) is 0 Å². The fourth-order valence-electron chi connectivity index (χ4n) is 0.581.